The van der Waals surface area contributed by atoms with Gasteiger partial charge in [0, 0.05) is 6.61 Å². The first kappa shape index (κ1) is 10.7. The average Bonchev–Trinajstić information content (AvgIpc) is 1.96. The molecule has 66 valence electrons. The van der Waals surface area contributed by atoms with Crippen LogP contribution in [0.4, 0.5) is 0 Å². The lowest BCUT2D eigenvalue weighted by Crippen LogP contribution is -1.82. The highest BCUT2D eigenvalue weighted by Gasteiger charge is 1.86. The molecule has 0 amide bonds. The Morgan fingerprint density at radius 1 is 1.09 bits per heavy atom. The Morgan fingerprint density at radius 3 is 2.27 bits per heavy atom. The van der Waals surface area contributed by atoms with Crippen molar-refractivity contribution in [3.8, 4) is 0 Å². The largest absolute Gasteiger partial charge is 0.396 e. The van der Waals surface area contributed by atoms with Gasteiger partial charge in [-0.2, -0.15) is 0 Å². The van der Waals surface area contributed by atoms with Crippen molar-refractivity contribution in [3.63, 3.8) is 0 Å². The Balaban J connectivity index is 2.97. The molecule has 11 heavy (non-hydrogen) atoms. The van der Waals surface area contributed by atoms with Gasteiger partial charge >= 0.3 is 0 Å². The molecule has 1 N–H and O–H groups in total. The molecule has 0 aromatic rings. The van der Waals surface area contributed by atoms with Crippen LogP contribution >= 0.6 is 0 Å². The maximum atomic E-state index is 8.50. The van der Waals surface area contributed by atoms with Gasteiger partial charge in [0.15, 0.2) is 0 Å². The SMILES string of the molecule is CC(C)=CCCCCCCO. The van der Waals surface area contributed by atoms with Crippen molar-refractivity contribution in [1.29, 1.82) is 0 Å². The van der Waals surface area contributed by atoms with Gasteiger partial charge in [0.25, 0.3) is 0 Å². The van der Waals surface area contributed by atoms with Gasteiger partial charge in [-0.15, -0.1) is 0 Å². The summed E-state index contributed by atoms with van der Waals surface area (Å²) >= 11 is 0. The predicted molar refractivity (Wildman–Crippen MR) is 49.6 cm³/mol. The van der Waals surface area contributed by atoms with E-state index < -0.39 is 0 Å². The number of rotatable bonds is 6. The maximum Gasteiger partial charge on any atom is 0.0431 e. The van der Waals surface area contributed by atoms with Gasteiger partial charge in [-0.3, -0.25) is 0 Å². The molecule has 0 atom stereocenters. The third-order valence-corrected chi connectivity index (χ3v) is 1.66. The standard InChI is InChI=1S/C10H20O/c1-10(2)8-6-4-3-5-7-9-11/h8,11H,3-7,9H2,1-2H3. The van der Waals surface area contributed by atoms with Crippen molar-refractivity contribution in [1.82, 2.24) is 0 Å². The predicted octanol–water partition coefficient (Wildman–Crippen LogP) is 2.90. The molecule has 0 aromatic carbocycles. The van der Waals surface area contributed by atoms with E-state index >= 15 is 0 Å². The van der Waals surface area contributed by atoms with Crippen LogP contribution in [0.2, 0.25) is 0 Å². The second kappa shape index (κ2) is 7.80. The van der Waals surface area contributed by atoms with Crippen LogP contribution in [0.25, 0.3) is 0 Å². The number of unbranched alkanes of at least 4 members (excludes halogenated alkanes) is 4. The molecule has 0 aromatic heterocycles. The zero-order valence-corrected chi connectivity index (χ0v) is 7.77. The van der Waals surface area contributed by atoms with Gasteiger partial charge in [-0.25, -0.2) is 0 Å². The minimum absolute atomic E-state index is 0.350. The number of aliphatic hydroxyl groups is 1. The summed E-state index contributed by atoms with van der Waals surface area (Å²) in [5, 5.41) is 8.50. The minimum Gasteiger partial charge on any atom is -0.396 e. The van der Waals surface area contributed by atoms with E-state index in [4.69, 9.17) is 5.11 Å². The molecule has 0 aliphatic heterocycles. The smallest absolute Gasteiger partial charge is 0.0431 e. The van der Waals surface area contributed by atoms with Crippen molar-refractivity contribution < 1.29 is 5.11 Å². The van der Waals surface area contributed by atoms with E-state index in [1.54, 1.807) is 0 Å². The van der Waals surface area contributed by atoms with E-state index in [2.05, 4.69) is 19.9 Å². The molecular weight excluding hydrogens is 136 g/mol. The van der Waals surface area contributed by atoms with E-state index in [0.29, 0.717) is 6.61 Å². The highest BCUT2D eigenvalue weighted by molar-refractivity contribution is 4.92. The average molecular weight is 156 g/mol. The number of hydrogen-bond acceptors (Lipinski definition) is 1. The molecule has 0 fully saturated rings. The molecule has 0 rings (SSSR count). The molecule has 0 aliphatic rings. The lowest BCUT2D eigenvalue weighted by Gasteiger charge is -1.96. The molecule has 0 aliphatic carbocycles. The number of aliphatic hydroxyl groups excluding tert-OH is 1. The van der Waals surface area contributed by atoms with Crippen molar-refractivity contribution in [2.24, 2.45) is 0 Å². The van der Waals surface area contributed by atoms with Crippen LogP contribution in [-0.2, 0) is 0 Å². The van der Waals surface area contributed by atoms with Gasteiger partial charge in [-0.05, 0) is 33.1 Å². The van der Waals surface area contributed by atoms with E-state index in [9.17, 15) is 0 Å². The van der Waals surface area contributed by atoms with Crippen molar-refractivity contribution in [2.75, 3.05) is 6.61 Å². The number of hydrogen-bond donors (Lipinski definition) is 1. The summed E-state index contributed by atoms with van der Waals surface area (Å²) in [6, 6.07) is 0. The van der Waals surface area contributed by atoms with Gasteiger partial charge in [0.05, 0.1) is 0 Å². The van der Waals surface area contributed by atoms with E-state index in [1.165, 1.54) is 31.3 Å². The molecular formula is C10H20O. The molecule has 1 heteroatoms. The lowest BCUT2D eigenvalue weighted by molar-refractivity contribution is 0.282. The molecule has 0 heterocycles. The number of allylic oxidation sites excluding steroid dienone is 2. The Morgan fingerprint density at radius 2 is 1.73 bits per heavy atom. The summed E-state index contributed by atoms with van der Waals surface area (Å²) < 4.78 is 0. The van der Waals surface area contributed by atoms with Crippen molar-refractivity contribution in [2.45, 2.75) is 46.0 Å². The van der Waals surface area contributed by atoms with Crippen LogP contribution in [0, 0.1) is 0 Å². The summed E-state index contributed by atoms with van der Waals surface area (Å²) in [6.07, 6.45) is 8.14. The molecule has 1 nitrogen and oxygen atoms in total. The van der Waals surface area contributed by atoms with E-state index in [-0.39, 0.29) is 0 Å². The Hall–Kier alpha value is -0.300. The molecule has 0 bridgehead atoms. The van der Waals surface area contributed by atoms with E-state index in [0.717, 1.165) is 6.42 Å². The summed E-state index contributed by atoms with van der Waals surface area (Å²) in [5.74, 6) is 0. The first-order valence-electron chi connectivity index (χ1n) is 4.51. The normalized spacial score (nSPS) is 9.73. The van der Waals surface area contributed by atoms with Crippen molar-refractivity contribution >= 4 is 0 Å². The highest BCUT2D eigenvalue weighted by Crippen LogP contribution is 2.04. The monoisotopic (exact) mass is 156 g/mol. The fourth-order valence-corrected chi connectivity index (χ4v) is 1.00. The third kappa shape index (κ3) is 9.70. The van der Waals surface area contributed by atoms with Gasteiger partial charge in [0.1, 0.15) is 0 Å². The van der Waals surface area contributed by atoms with Crippen molar-refractivity contribution in [3.05, 3.63) is 11.6 Å². The third-order valence-electron chi connectivity index (χ3n) is 1.66. The quantitative estimate of drug-likeness (QED) is 0.463. The van der Waals surface area contributed by atoms with Crippen LogP contribution in [0.1, 0.15) is 46.0 Å². The summed E-state index contributed by atoms with van der Waals surface area (Å²) in [7, 11) is 0. The zero-order chi connectivity index (χ0) is 8.53. The summed E-state index contributed by atoms with van der Waals surface area (Å²) in [5.41, 5.74) is 1.41. The topological polar surface area (TPSA) is 20.2 Å². The molecule has 0 saturated carbocycles. The zero-order valence-electron chi connectivity index (χ0n) is 7.77. The maximum absolute atomic E-state index is 8.50. The first-order valence-corrected chi connectivity index (χ1v) is 4.51. The van der Waals surface area contributed by atoms with Crippen LogP contribution in [0.5, 0.6) is 0 Å². The molecule has 0 spiro atoms. The van der Waals surface area contributed by atoms with Crippen LogP contribution in [-0.4, -0.2) is 11.7 Å². The van der Waals surface area contributed by atoms with E-state index in [1.807, 2.05) is 0 Å². The second-order valence-electron chi connectivity index (χ2n) is 3.21. The second-order valence-corrected chi connectivity index (χ2v) is 3.21. The Bertz CT molecular complexity index is 101. The van der Waals surface area contributed by atoms with Crippen LogP contribution in [0.3, 0.4) is 0 Å². The van der Waals surface area contributed by atoms with Gasteiger partial charge < -0.3 is 5.11 Å². The lowest BCUT2D eigenvalue weighted by atomic mass is 10.1. The highest BCUT2D eigenvalue weighted by atomic mass is 16.2. The summed E-state index contributed by atoms with van der Waals surface area (Å²) in [4.78, 5) is 0. The summed E-state index contributed by atoms with van der Waals surface area (Å²) in [6.45, 7) is 4.62. The minimum atomic E-state index is 0.350. The fraction of sp³-hybridized carbons (Fsp3) is 0.800. The molecule has 0 saturated heterocycles. The van der Waals surface area contributed by atoms with Gasteiger partial charge in [-0.1, -0.05) is 24.5 Å². The Labute approximate surface area is 70.1 Å². The molecule has 0 unspecified atom stereocenters. The Kier molecular flexibility index (Phi) is 7.59. The van der Waals surface area contributed by atoms with Crippen LogP contribution < -0.4 is 0 Å². The van der Waals surface area contributed by atoms with Gasteiger partial charge in [0.2, 0.25) is 0 Å². The fourth-order valence-electron chi connectivity index (χ4n) is 1.00. The van der Waals surface area contributed by atoms with Crippen LogP contribution in [0.15, 0.2) is 11.6 Å². The first-order chi connectivity index (χ1) is 5.27. The molecule has 0 radical (unpaired) electrons.